The van der Waals surface area contributed by atoms with E-state index >= 15 is 0 Å². The van der Waals surface area contributed by atoms with Gasteiger partial charge in [0.05, 0.1) is 0 Å². The molecule has 8 heteroatoms. The van der Waals surface area contributed by atoms with Crippen LogP contribution in [0.15, 0.2) is 36.7 Å². The molecule has 170 valence electrons. The Morgan fingerprint density at radius 1 is 1.25 bits per heavy atom. The second kappa shape index (κ2) is 9.14. The maximum atomic E-state index is 12.7. The standard InChI is InChI=1S/C24H31N5O3/c1-17(2)21-25-12-14-28(21)16-18-7-5-8-19(15-18)26-20(30)9-6-13-29-22(31)24(27-23(29)32)10-3-4-11-24/h5,7-8,12,14-15,17H,3-4,6,9-11,13,16H2,1-2H3,(H,26,30)(H,27,32). The molecule has 0 atom stereocenters. The molecule has 32 heavy (non-hydrogen) atoms. The van der Waals surface area contributed by atoms with Gasteiger partial charge >= 0.3 is 6.03 Å². The van der Waals surface area contributed by atoms with E-state index in [1.165, 1.54) is 4.90 Å². The highest BCUT2D eigenvalue weighted by atomic mass is 16.2. The third-order valence-electron chi connectivity index (χ3n) is 6.32. The minimum atomic E-state index is -0.690. The fourth-order valence-electron chi connectivity index (χ4n) is 4.72. The number of rotatable bonds is 8. The van der Waals surface area contributed by atoms with Crippen LogP contribution in [0.25, 0.3) is 0 Å². The summed E-state index contributed by atoms with van der Waals surface area (Å²) in [5.41, 5.74) is 1.12. The topological polar surface area (TPSA) is 96.3 Å². The quantitative estimate of drug-likeness (QED) is 0.616. The Labute approximate surface area is 188 Å². The summed E-state index contributed by atoms with van der Waals surface area (Å²) in [5.74, 6) is 1.10. The number of anilines is 1. The number of amides is 4. The van der Waals surface area contributed by atoms with Crippen molar-refractivity contribution in [1.82, 2.24) is 19.8 Å². The summed E-state index contributed by atoms with van der Waals surface area (Å²) in [6.45, 7) is 5.18. The lowest BCUT2D eigenvalue weighted by Gasteiger charge is -2.19. The molecule has 4 rings (SSSR count). The monoisotopic (exact) mass is 437 g/mol. The number of nitrogens with one attached hydrogen (secondary N) is 2. The fourth-order valence-corrected chi connectivity index (χ4v) is 4.72. The maximum Gasteiger partial charge on any atom is 0.325 e. The van der Waals surface area contributed by atoms with Crippen molar-refractivity contribution in [2.24, 2.45) is 0 Å². The number of aromatic nitrogens is 2. The molecule has 0 unspecified atom stereocenters. The van der Waals surface area contributed by atoms with Gasteiger partial charge in [-0.05, 0) is 37.0 Å². The molecule has 2 aliphatic rings. The molecule has 1 aromatic heterocycles. The SMILES string of the molecule is CC(C)c1nccn1Cc1cccc(NC(=O)CCCN2C(=O)NC3(CCCC3)C2=O)c1. The first-order chi connectivity index (χ1) is 15.4. The molecule has 8 nitrogen and oxygen atoms in total. The Balaban J connectivity index is 1.28. The van der Waals surface area contributed by atoms with Crippen LogP contribution in [0.3, 0.4) is 0 Å². The Kier molecular flexibility index (Phi) is 6.30. The van der Waals surface area contributed by atoms with E-state index in [9.17, 15) is 14.4 Å². The number of urea groups is 1. The van der Waals surface area contributed by atoms with Gasteiger partial charge in [0.2, 0.25) is 5.91 Å². The zero-order valence-electron chi connectivity index (χ0n) is 18.8. The Bertz CT molecular complexity index is 1010. The van der Waals surface area contributed by atoms with E-state index in [0.29, 0.717) is 31.7 Å². The predicted molar refractivity (Wildman–Crippen MR) is 121 cm³/mol. The second-order valence-corrected chi connectivity index (χ2v) is 9.10. The van der Waals surface area contributed by atoms with Crippen molar-refractivity contribution < 1.29 is 14.4 Å². The smallest absolute Gasteiger partial charge is 0.325 e. The average molecular weight is 438 g/mol. The van der Waals surface area contributed by atoms with Gasteiger partial charge in [-0.1, -0.05) is 38.8 Å². The van der Waals surface area contributed by atoms with Gasteiger partial charge in [-0.3, -0.25) is 14.5 Å². The van der Waals surface area contributed by atoms with E-state index in [4.69, 9.17) is 0 Å². The van der Waals surface area contributed by atoms with Crippen LogP contribution in [0.5, 0.6) is 0 Å². The Hall–Kier alpha value is -3.16. The number of carbonyl (C=O) groups is 3. The van der Waals surface area contributed by atoms with Gasteiger partial charge in [0.25, 0.3) is 5.91 Å². The van der Waals surface area contributed by atoms with Crippen LogP contribution in [0, 0.1) is 0 Å². The van der Waals surface area contributed by atoms with Crippen molar-refractivity contribution in [3.8, 4) is 0 Å². The van der Waals surface area contributed by atoms with Crippen molar-refractivity contribution in [3.05, 3.63) is 48.0 Å². The third-order valence-corrected chi connectivity index (χ3v) is 6.32. The molecule has 1 aromatic carbocycles. The molecule has 2 fully saturated rings. The van der Waals surface area contributed by atoms with Crippen LogP contribution >= 0.6 is 0 Å². The van der Waals surface area contributed by atoms with E-state index in [-0.39, 0.29) is 30.8 Å². The minimum absolute atomic E-state index is 0.129. The summed E-state index contributed by atoms with van der Waals surface area (Å²) < 4.78 is 2.11. The van der Waals surface area contributed by atoms with Crippen molar-refractivity contribution in [2.45, 2.75) is 70.4 Å². The van der Waals surface area contributed by atoms with Gasteiger partial charge in [0, 0.05) is 43.5 Å². The maximum absolute atomic E-state index is 12.7. The molecule has 2 heterocycles. The van der Waals surface area contributed by atoms with Crippen LogP contribution in [-0.4, -0.2) is 44.4 Å². The molecule has 4 amide bonds. The summed E-state index contributed by atoms with van der Waals surface area (Å²) in [4.78, 5) is 43.0. The number of carbonyl (C=O) groups excluding carboxylic acids is 3. The van der Waals surface area contributed by atoms with Gasteiger partial charge < -0.3 is 15.2 Å². The van der Waals surface area contributed by atoms with Crippen molar-refractivity contribution >= 4 is 23.5 Å². The van der Waals surface area contributed by atoms with Gasteiger partial charge in [-0.15, -0.1) is 0 Å². The highest BCUT2D eigenvalue weighted by Gasteiger charge is 2.52. The van der Waals surface area contributed by atoms with Gasteiger partial charge in [0.1, 0.15) is 11.4 Å². The normalized spacial score (nSPS) is 17.4. The zero-order valence-corrected chi connectivity index (χ0v) is 18.8. The van der Waals surface area contributed by atoms with Crippen molar-refractivity contribution in [2.75, 3.05) is 11.9 Å². The predicted octanol–water partition coefficient (Wildman–Crippen LogP) is 3.64. The van der Waals surface area contributed by atoms with Crippen LogP contribution in [0.2, 0.25) is 0 Å². The number of hydrogen-bond acceptors (Lipinski definition) is 4. The van der Waals surface area contributed by atoms with Gasteiger partial charge in [-0.25, -0.2) is 9.78 Å². The van der Waals surface area contributed by atoms with E-state index in [0.717, 1.165) is 29.9 Å². The first-order valence-corrected chi connectivity index (χ1v) is 11.4. The Morgan fingerprint density at radius 3 is 2.78 bits per heavy atom. The summed E-state index contributed by atoms with van der Waals surface area (Å²) >= 11 is 0. The lowest BCUT2D eigenvalue weighted by Crippen LogP contribution is -2.44. The summed E-state index contributed by atoms with van der Waals surface area (Å²) in [6.07, 6.45) is 7.79. The van der Waals surface area contributed by atoms with Crippen LogP contribution < -0.4 is 10.6 Å². The first kappa shape index (κ1) is 22.0. The molecular formula is C24H31N5O3. The molecule has 0 radical (unpaired) electrons. The van der Waals surface area contributed by atoms with Crippen LogP contribution in [0.4, 0.5) is 10.5 Å². The molecule has 2 aromatic rings. The van der Waals surface area contributed by atoms with E-state index < -0.39 is 5.54 Å². The molecule has 1 aliphatic carbocycles. The third kappa shape index (κ3) is 4.54. The Morgan fingerprint density at radius 2 is 2.03 bits per heavy atom. The zero-order chi connectivity index (χ0) is 22.7. The van der Waals surface area contributed by atoms with E-state index in [1.54, 1.807) is 6.20 Å². The second-order valence-electron chi connectivity index (χ2n) is 9.10. The molecule has 2 N–H and O–H groups in total. The largest absolute Gasteiger partial charge is 0.330 e. The number of benzene rings is 1. The fraction of sp³-hybridized carbons (Fsp3) is 0.500. The highest BCUT2D eigenvalue weighted by molar-refractivity contribution is 6.07. The van der Waals surface area contributed by atoms with Crippen molar-refractivity contribution in [1.29, 1.82) is 0 Å². The number of imidazole rings is 1. The minimum Gasteiger partial charge on any atom is -0.330 e. The molecule has 1 spiro atoms. The number of nitrogens with zero attached hydrogens (tertiary/aromatic N) is 3. The molecular weight excluding hydrogens is 406 g/mol. The highest BCUT2D eigenvalue weighted by Crippen LogP contribution is 2.35. The first-order valence-electron chi connectivity index (χ1n) is 11.4. The van der Waals surface area contributed by atoms with Gasteiger partial charge in [-0.2, -0.15) is 0 Å². The summed E-state index contributed by atoms with van der Waals surface area (Å²) in [6, 6.07) is 7.44. The molecule has 1 aliphatic heterocycles. The van der Waals surface area contributed by atoms with Crippen molar-refractivity contribution in [3.63, 3.8) is 0 Å². The number of hydrogen-bond donors (Lipinski definition) is 2. The molecule has 1 saturated carbocycles. The average Bonchev–Trinajstić information content (AvgIpc) is 3.45. The van der Waals surface area contributed by atoms with Crippen LogP contribution in [0.1, 0.15) is 69.7 Å². The van der Waals surface area contributed by atoms with E-state index in [1.807, 2.05) is 30.5 Å². The lowest BCUT2D eigenvalue weighted by atomic mass is 9.98. The lowest BCUT2D eigenvalue weighted by molar-refractivity contribution is -0.131. The summed E-state index contributed by atoms with van der Waals surface area (Å²) in [7, 11) is 0. The summed E-state index contributed by atoms with van der Waals surface area (Å²) in [5, 5.41) is 5.80. The van der Waals surface area contributed by atoms with Crippen LogP contribution in [-0.2, 0) is 16.1 Å². The van der Waals surface area contributed by atoms with Gasteiger partial charge in [0.15, 0.2) is 0 Å². The number of imide groups is 1. The molecule has 1 saturated heterocycles. The van der Waals surface area contributed by atoms with E-state index in [2.05, 4.69) is 34.0 Å². The molecule has 0 bridgehead atoms.